The highest BCUT2D eigenvalue weighted by molar-refractivity contribution is 6.01. The van der Waals surface area contributed by atoms with Crippen LogP contribution < -0.4 is 14.8 Å². The Hall–Kier alpha value is -3.61. The first-order valence-corrected chi connectivity index (χ1v) is 9.87. The molecule has 0 unspecified atom stereocenters. The molecule has 0 fully saturated rings. The first kappa shape index (κ1) is 22.1. The number of carbonyl (C=O) groups is 3. The van der Waals surface area contributed by atoms with Crippen molar-refractivity contribution < 1.29 is 28.6 Å². The minimum atomic E-state index is -0.955. The molecule has 1 atom stereocenters. The Kier molecular flexibility index (Phi) is 6.44. The number of benzene rings is 2. The van der Waals surface area contributed by atoms with Gasteiger partial charge in [0, 0.05) is 22.7 Å². The van der Waals surface area contributed by atoms with Gasteiger partial charge in [0.15, 0.2) is 17.6 Å². The van der Waals surface area contributed by atoms with E-state index in [4.69, 9.17) is 14.2 Å². The molecule has 0 bridgehead atoms. The van der Waals surface area contributed by atoms with E-state index in [0.717, 1.165) is 5.56 Å². The molecule has 31 heavy (non-hydrogen) atoms. The quantitative estimate of drug-likeness (QED) is 0.425. The van der Waals surface area contributed by atoms with Gasteiger partial charge in [-0.25, -0.2) is 4.79 Å². The minimum absolute atomic E-state index is 0.122. The van der Waals surface area contributed by atoms with E-state index in [9.17, 15) is 14.4 Å². The van der Waals surface area contributed by atoms with Crippen LogP contribution in [0, 0.1) is 5.41 Å². The summed E-state index contributed by atoms with van der Waals surface area (Å²) in [5.74, 6) is 0.179. The Balaban J connectivity index is 1.56. The van der Waals surface area contributed by atoms with Crippen LogP contribution in [0.1, 0.15) is 43.6 Å². The molecule has 0 aromatic heterocycles. The zero-order chi connectivity index (χ0) is 22.6. The molecule has 1 aliphatic heterocycles. The minimum Gasteiger partial charge on any atom is -0.454 e. The van der Waals surface area contributed by atoms with Crippen molar-refractivity contribution >= 4 is 29.4 Å². The molecule has 0 saturated heterocycles. The number of ketones is 1. The standard InChI is InChI=1S/C24H25NO6/c1-15(22(27)17-7-9-18(10-8-17)25-23(28)24(2,3)4)31-21(26)12-6-16-5-11-19-20(13-16)30-14-29-19/h5-13,15H,14H2,1-4H3,(H,25,28)/b12-6+/t15-/m0/s1. The number of fused-ring (bicyclic) bond motifs is 1. The van der Waals surface area contributed by atoms with Crippen LogP contribution in [0.15, 0.2) is 48.5 Å². The number of hydrogen-bond donors (Lipinski definition) is 1. The van der Waals surface area contributed by atoms with Gasteiger partial charge >= 0.3 is 5.97 Å². The average molecular weight is 423 g/mol. The van der Waals surface area contributed by atoms with Gasteiger partial charge in [0.05, 0.1) is 0 Å². The molecule has 0 spiro atoms. The SMILES string of the molecule is C[C@H](OC(=O)/C=C/c1ccc2c(c1)OCO2)C(=O)c1ccc(NC(=O)C(C)(C)C)cc1. The van der Waals surface area contributed by atoms with E-state index >= 15 is 0 Å². The number of ether oxygens (including phenoxy) is 3. The van der Waals surface area contributed by atoms with Crippen molar-refractivity contribution in [2.75, 3.05) is 12.1 Å². The predicted octanol–water partition coefficient (Wildman–Crippen LogP) is 4.23. The highest BCUT2D eigenvalue weighted by Gasteiger charge is 2.22. The summed E-state index contributed by atoms with van der Waals surface area (Å²) in [4.78, 5) is 36.7. The van der Waals surface area contributed by atoms with E-state index in [0.29, 0.717) is 22.7 Å². The highest BCUT2D eigenvalue weighted by Crippen LogP contribution is 2.32. The molecule has 0 radical (unpaired) electrons. The number of esters is 1. The van der Waals surface area contributed by atoms with E-state index in [1.165, 1.54) is 13.0 Å². The first-order chi connectivity index (χ1) is 14.6. The summed E-state index contributed by atoms with van der Waals surface area (Å²) in [5, 5.41) is 2.80. The smallest absolute Gasteiger partial charge is 0.331 e. The Morgan fingerprint density at radius 1 is 1.03 bits per heavy atom. The van der Waals surface area contributed by atoms with Gasteiger partial charge in [0.2, 0.25) is 18.5 Å². The first-order valence-electron chi connectivity index (χ1n) is 9.87. The number of amides is 1. The summed E-state index contributed by atoms with van der Waals surface area (Å²) in [5.41, 5.74) is 1.19. The van der Waals surface area contributed by atoms with Gasteiger partial charge in [-0.1, -0.05) is 26.8 Å². The Morgan fingerprint density at radius 3 is 2.39 bits per heavy atom. The third-order valence-electron chi connectivity index (χ3n) is 4.58. The van der Waals surface area contributed by atoms with Gasteiger partial charge in [0.1, 0.15) is 0 Å². The molecule has 3 rings (SSSR count). The summed E-state index contributed by atoms with van der Waals surface area (Å²) in [6.07, 6.45) is 1.88. The van der Waals surface area contributed by atoms with Crippen LogP contribution in [0.25, 0.3) is 6.08 Å². The van der Waals surface area contributed by atoms with Gasteiger partial charge in [-0.3, -0.25) is 9.59 Å². The van der Waals surface area contributed by atoms with Crippen LogP contribution >= 0.6 is 0 Å². The van der Waals surface area contributed by atoms with Crippen molar-refractivity contribution in [3.63, 3.8) is 0 Å². The normalized spacial score (nSPS) is 13.7. The predicted molar refractivity (Wildman–Crippen MR) is 116 cm³/mol. The summed E-state index contributed by atoms with van der Waals surface area (Å²) >= 11 is 0. The van der Waals surface area contributed by atoms with Gasteiger partial charge in [0.25, 0.3) is 0 Å². The maximum absolute atomic E-state index is 12.6. The monoisotopic (exact) mass is 423 g/mol. The molecule has 2 aromatic carbocycles. The topological polar surface area (TPSA) is 90.9 Å². The van der Waals surface area contributed by atoms with Crippen molar-refractivity contribution in [1.29, 1.82) is 0 Å². The molecule has 162 valence electrons. The highest BCUT2D eigenvalue weighted by atomic mass is 16.7. The zero-order valence-electron chi connectivity index (χ0n) is 17.9. The fraction of sp³-hybridized carbons (Fsp3) is 0.292. The maximum atomic E-state index is 12.6. The third-order valence-corrected chi connectivity index (χ3v) is 4.58. The lowest BCUT2D eigenvalue weighted by atomic mass is 9.95. The van der Waals surface area contributed by atoms with Crippen molar-refractivity contribution in [3.8, 4) is 11.5 Å². The summed E-state index contributed by atoms with van der Waals surface area (Å²) < 4.78 is 15.8. The molecule has 1 heterocycles. The lowest BCUT2D eigenvalue weighted by Gasteiger charge is -2.18. The summed E-state index contributed by atoms with van der Waals surface area (Å²) in [7, 11) is 0. The van der Waals surface area contributed by atoms with Gasteiger partial charge in [-0.15, -0.1) is 0 Å². The van der Waals surface area contributed by atoms with Crippen molar-refractivity contribution in [1.82, 2.24) is 0 Å². The van der Waals surface area contributed by atoms with E-state index in [2.05, 4.69) is 5.32 Å². The molecule has 7 nitrogen and oxygen atoms in total. The second kappa shape index (κ2) is 9.04. The van der Waals surface area contributed by atoms with Crippen molar-refractivity contribution in [3.05, 3.63) is 59.7 Å². The Bertz CT molecular complexity index is 1020. The maximum Gasteiger partial charge on any atom is 0.331 e. The van der Waals surface area contributed by atoms with E-state index in [1.807, 2.05) is 20.8 Å². The van der Waals surface area contributed by atoms with Crippen LogP contribution in [-0.2, 0) is 14.3 Å². The lowest BCUT2D eigenvalue weighted by molar-refractivity contribution is -0.140. The van der Waals surface area contributed by atoms with Crippen LogP contribution in [0.5, 0.6) is 11.5 Å². The molecule has 2 aromatic rings. The van der Waals surface area contributed by atoms with E-state index < -0.39 is 17.5 Å². The van der Waals surface area contributed by atoms with Gasteiger partial charge < -0.3 is 19.5 Å². The number of carbonyl (C=O) groups excluding carboxylic acids is 3. The molecule has 0 saturated carbocycles. The second-order valence-electron chi connectivity index (χ2n) is 8.17. The largest absolute Gasteiger partial charge is 0.454 e. The molecule has 0 aliphatic carbocycles. The van der Waals surface area contributed by atoms with Crippen LogP contribution in [-0.4, -0.2) is 30.6 Å². The number of Topliss-reactive ketones (excluding diaryl/α,β-unsaturated/α-hetero) is 1. The Morgan fingerprint density at radius 2 is 1.71 bits per heavy atom. The number of hydrogen-bond acceptors (Lipinski definition) is 6. The second-order valence-corrected chi connectivity index (χ2v) is 8.17. The fourth-order valence-electron chi connectivity index (χ4n) is 2.72. The average Bonchev–Trinajstić information content (AvgIpc) is 3.19. The van der Waals surface area contributed by atoms with Gasteiger partial charge in [-0.05, 0) is 55.0 Å². The number of anilines is 1. The van der Waals surface area contributed by atoms with Crippen molar-refractivity contribution in [2.24, 2.45) is 5.41 Å². The van der Waals surface area contributed by atoms with Crippen LogP contribution in [0.4, 0.5) is 5.69 Å². The van der Waals surface area contributed by atoms with Crippen molar-refractivity contribution in [2.45, 2.75) is 33.8 Å². The third kappa shape index (κ3) is 5.72. The molecule has 1 N–H and O–H groups in total. The number of rotatable bonds is 6. The molecule has 1 aliphatic rings. The molecule has 7 heteroatoms. The lowest BCUT2D eigenvalue weighted by Crippen LogP contribution is -2.27. The Labute approximate surface area is 181 Å². The molecular formula is C24H25NO6. The molecular weight excluding hydrogens is 398 g/mol. The van der Waals surface area contributed by atoms with Gasteiger partial charge in [-0.2, -0.15) is 0 Å². The molecule has 1 amide bonds. The van der Waals surface area contributed by atoms with Crippen LogP contribution in [0.3, 0.4) is 0 Å². The van der Waals surface area contributed by atoms with E-state index in [1.54, 1.807) is 48.5 Å². The van der Waals surface area contributed by atoms with E-state index in [-0.39, 0.29) is 18.5 Å². The summed E-state index contributed by atoms with van der Waals surface area (Å²) in [6, 6.07) is 11.8. The zero-order valence-corrected chi connectivity index (χ0v) is 17.9. The van der Waals surface area contributed by atoms with Crippen LogP contribution in [0.2, 0.25) is 0 Å². The summed E-state index contributed by atoms with van der Waals surface area (Å²) in [6.45, 7) is 7.14. The number of nitrogens with one attached hydrogen (secondary N) is 1. The fourth-order valence-corrected chi connectivity index (χ4v) is 2.72.